The molecule has 124 valence electrons. The van der Waals surface area contributed by atoms with E-state index in [4.69, 9.17) is 0 Å². The van der Waals surface area contributed by atoms with E-state index >= 15 is 0 Å². The van der Waals surface area contributed by atoms with Crippen molar-refractivity contribution in [2.24, 2.45) is 5.92 Å². The number of carbonyl (C=O) groups is 1. The summed E-state index contributed by atoms with van der Waals surface area (Å²) in [6.07, 6.45) is 0.919. The maximum absolute atomic E-state index is 12.2. The molecule has 7 heteroatoms. The van der Waals surface area contributed by atoms with Gasteiger partial charge in [-0.1, -0.05) is 11.8 Å². The normalized spacial score (nSPS) is 16.9. The Morgan fingerprint density at radius 2 is 2.26 bits per heavy atom. The van der Waals surface area contributed by atoms with Gasteiger partial charge in [-0.25, -0.2) is 4.98 Å². The Bertz CT molecular complexity index is 684. The summed E-state index contributed by atoms with van der Waals surface area (Å²) in [5.41, 5.74) is 3.03. The van der Waals surface area contributed by atoms with E-state index in [0.29, 0.717) is 0 Å². The van der Waals surface area contributed by atoms with E-state index < -0.39 is 0 Å². The lowest BCUT2D eigenvalue weighted by atomic mass is 10.1. The number of aromatic nitrogens is 1. The van der Waals surface area contributed by atoms with Gasteiger partial charge in [0.05, 0.1) is 5.92 Å². The van der Waals surface area contributed by atoms with Crippen LogP contribution in [0.4, 0.5) is 5.69 Å². The largest absolute Gasteiger partial charge is 0.326 e. The highest BCUT2D eigenvalue weighted by atomic mass is 35.5. The number of carbonyl (C=O) groups excluding carboxylic acids is 1. The Hall–Kier alpha value is -1.08. The molecule has 0 spiro atoms. The molecule has 1 aromatic carbocycles. The van der Waals surface area contributed by atoms with Gasteiger partial charge in [0, 0.05) is 28.2 Å². The highest BCUT2D eigenvalue weighted by Crippen LogP contribution is 2.32. The molecule has 1 aliphatic heterocycles. The average Bonchev–Trinajstić information content (AvgIpc) is 3.13. The molecule has 1 unspecified atom stereocenters. The van der Waals surface area contributed by atoms with Crippen molar-refractivity contribution in [3.63, 3.8) is 0 Å². The van der Waals surface area contributed by atoms with Crippen LogP contribution in [-0.4, -0.2) is 24.0 Å². The molecule has 1 atom stereocenters. The first-order chi connectivity index (χ1) is 10.6. The standard InChI is InChI=1S/C16H19N3OS2.ClH/c1-10-7-13(22-16-18-11(2)9-21-16)3-4-14(10)19-15(20)12-5-6-17-8-12;/h3-4,7,9,12,17H,5-6,8H2,1-2H3,(H,19,20);1H. The number of anilines is 1. The second kappa shape index (κ2) is 8.15. The predicted octanol–water partition coefficient (Wildman–Crippen LogP) is 3.88. The molecule has 0 aliphatic carbocycles. The first-order valence-electron chi connectivity index (χ1n) is 7.34. The van der Waals surface area contributed by atoms with Crippen molar-refractivity contribution in [3.05, 3.63) is 34.8 Å². The molecule has 1 saturated heterocycles. The Balaban J connectivity index is 0.00000192. The molecular weight excluding hydrogens is 350 g/mol. The molecule has 1 aromatic heterocycles. The molecule has 0 bridgehead atoms. The number of nitrogens with one attached hydrogen (secondary N) is 2. The number of rotatable bonds is 4. The summed E-state index contributed by atoms with van der Waals surface area (Å²) in [7, 11) is 0. The van der Waals surface area contributed by atoms with Gasteiger partial charge in [0.2, 0.25) is 5.91 Å². The van der Waals surface area contributed by atoms with Crippen LogP contribution in [0.5, 0.6) is 0 Å². The van der Waals surface area contributed by atoms with Crippen molar-refractivity contribution < 1.29 is 4.79 Å². The molecule has 4 nitrogen and oxygen atoms in total. The summed E-state index contributed by atoms with van der Waals surface area (Å²) < 4.78 is 1.05. The van der Waals surface area contributed by atoms with Crippen LogP contribution in [0, 0.1) is 19.8 Å². The number of nitrogens with zero attached hydrogens (tertiary/aromatic N) is 1. The summed E-state index contributed by atoms with van der Waals surface area (Å²) >= 11 is 3.32. The number of aryl methyl sites for hydroxylation is 2. The predicted molar refractivity (Wildman–Crippen MR) is 99.0 cm³/mol. The topological polar surface area (TPSA) is 54.0 Å². The van der Waals surface area contributed by atoms with Gasteiger partial charge in [-0.2, -0.15) is 0 Å². The Morgan fingerprint density at radius 1 is 1.43 bits per heavy atom. The number of amides is 1. The zero-order valence-electron chi connectivity index (χ0n) is 13.1. The zero-order valence-corrected chi connectivity index (χ0v) is 15.5. The minimum atomic E-state index is 0. The van der Waals surface area contributed by atoms with E-state index in [2.05, 4.69) is 27.1 Å². The Labute approximate surface area is 150 Å². The molecule has 2 N–H and O–H groups in total. The molecule has 2 aromatic rings. The van der Waals surface area contributed by atoms with Gasteiger partial charge in [-0.3, -0.25) is 4.79 Å². The van der Waals surface area contributed by atoms with Crippen molar-refractivity contribution in [2.75, 3.05) is 18.4 Å². The first kappa shape index (κ1) is 18.3. The van der Waals surface area contributed by atoms with Gasteiger partial charge in [0.25, 0.3) is 0 Å². The third-order valence-corrected chi connectivity index (χ3v) is 5.74. The Kier molecular flexibility index (Phi) is 6.47. The fourth-order valence-electron chi connectivity index (χ4n) is 2.43. The van der Waals surface area contributed by atoms with Crippen molar-refractivity contribution >= 4 is 47.1 Å². The van der Waals surface area contributed by atoms with Crippen molar-refractivity contribution in [1.29, 1.82) is 0 Å². The molecule has 1 amide bonds. The van der Waals surface area contributed by atoms with Gasteiger partial charge in [-0.15, -0.1) is 23.7 Å². The van der Waals surface area contributed by atoms with Gasteiger partial charge < -0.3 is 10.6 Å². The van der Waals surface area contributed by atoms with Gasteiger partial charge >= 0.3 is 0 Å². The van der Waals surface area contributed by atoms with E-state index in [1.807, 2.05) is 26.0 Å². The lowest BCUT2D eigenvalue weighted by Gasteiger charge is -2.12. The Morgan fingerprint density at radius 3 is 2.87 bits per heavy atom. The number of hydrogen-bond donors (Lipinski definition) is 2. The molecule has 0 radical (unpaired) electrons. The molecular formula is C16H20ClN3OS2. The van der Waals surface area contributed by atoms with E-state index in [-0.39, 0.29) is 24.2 Å². The van der Waals surface area contributed by atoms with Crippen molar-refractivity contribution in [3.8, 4) is 0 Å². The second-order valence-corrected chi connectivity index (χ2v) is 7.69. The number of thiazole rings is 1. The summed E-state index contributed by atoms with van der Waals surface area (Å²) in [6.45, 7) is 5.74. The fourth-order valence-corrected chi connectivity index (χ4v) is 4.34. The SMILES string of the molecule is Cc1csc(Sc2ccc(NC(=O)C3CCNC3)c(C)c2)n1.Cl. The van der Waals surface area contributed by atoms with E-state index in [0.717, 1.165) is 45.7 Å². The van der Waals surface area contributed by atoms with Crippen LogP contribution in [0.2, 0.25) is 0 Å². The summed E-state index contributed by atoms with van der Waals surface area (Å²) in [5.74, 6) is 0.204. The monoisotopic (exact) mass is 369 g/mol. The number of benzene rings is 1. The van der Waals surface area contributed by atoms with Gasteiger partial charge in [0.1, 0.15) is 0 Å². The summed E-state index contributed by atoms with van der Waals surface area (Å²) in [6, 6.07) is 6.12. The fraction of sp³-hybridized carbons (Fsp3) is 0.375. The van der Waals surface area contributed by atoms with Crippen LogP contribution in [0.15, 0.2) is 32.8 Å². The van der Waals surface area contributed by atoms with Crippen LogP contribution in [0.25, 0.3) is 0 Å². The van der Waals surface area contributed by atoms with Crippen LogP contribution < -0.4 is 10.6 Å². The summed E-state index contributed by atoms with van der Waals surface area (Å²) in [5, 5.41) is 8.32. The quantitative estimate of drug-likeness (QED) is 0.858. The number of hydrogen-bond acceptors (Lipinski definition) is 5. The molecule has 1 fully saturated rings. The summed E-state index contributed by atoms with van der Waals surface area (Å²) in [4.78, 5) is 17.8. The van der Waals surface area contributed by atoms with Crippen LogP contribution >= 0.6 is 35.5 Å². The van der Waals surface area contributed by atoms with E-state index in [9.17, 15) is 4.79 Å². The van der Waals surface area contributed by atoms with Crippen LogP contribution in [0.3, 0.4) is 0 Å². The molecule has 0 saturated carbocycles. The van der Waals surface area contributed by atoms with Crippen molar-refractivity contribution in [1.82, 2.24) is 10.3 Å². The van der Waals surface area contributed by atoms with Gasteiger partial charge in [0.15, 0.2) is 4.34 Å². The smallest absolute Gasteiger partial charge is 0.228 e. The van der Waals surface area contributed by atoms with Crippen LogP contribution in [0.1, 0.15) is 17.7 Å². The first-order valence-corrected chi connectivity index (χ1v) is 9.03. The lowest BCUT2D eigenvalue weighted by molar-refractivity contribution is -0.119. The third kappa shape index (κ3) is 4.70. The maximum atomic E-state index is 12.2. The molecule has 3 rings (SSSR count). The minimum Gasteiger partial charge on any atom is -0.326 e. The molecule has 23 heavy (non-hydrogen) atoms. The number of halogens is 1. The van der Waals surface area contributed by atoms with Crippen LogP contribution in [-0.2, 0) is 4.79 Å². The van der Waals surface area contributed by atoms with Gasteiger partial charge in [-0.05, 0) is 50.6 Å². The van der Waals surface area contributed by atoms with E-state index in [1.54, 1.807) is 23.1 Å². The minimum absolute atomic E-state index is 0. The second-order valence-electron chi connectivity index (χ2n) is 5.51. The highest BCUT2D eigenvalue weighted by molar-refractivity contribution is 8.01. The lowest BCUT2D eigenvalue weighted by Crippen LogP contribution is -2.24. The van der Waals surface area contributed by atoms with Crippen molar-refractivity contribution in [2.45, 2.75) is 29.5 Å². The molecule has 1 aliphatic rings. The zero-order chi connectivity index (χ0) is 15.5. The average molecular weight is 370 g/mol. The maximum Gasteiger partial charge on any atom is 0.228 e. The highest BCUT2D eigenvalue weighted by Gasteiger charge is 2.22. The molecule has 2 heterocycles. The third-order valence-electron chi connectivity index (χ3n) is 3.69. The van der Waals surface area contributed by atoms with E-state index in [1.165, 1.54) is 0 Å².